The van der Waals surface area contributed by atoms with E-state index in [2.05, 4.69) is 0 Å². The molecule has 0 unspecified atom stereocenters. The number of amides is 2. The molecule has 4 aromatic carbocycles. The fraction of sp³-hybridized carbons (Fsp3) is 0.508. The van der Waals surface area contributed by atoms with Crippen molar-refractivity contribution in [3.63, 3.8) is 0 Å². The lowest BCUT2D eigenvalue weighted by atomic mass is 9.87. The fourth-order valence-electron chi connectivity index (χ4n) is 6.64. The van der Waals surface area contributed by atoms with E-state index < -0.39 is 71.6 Å². The summed E-state index contributed by atoms with van der Waals surface area (Å²) in [5, 5.41) is 19.0. The van der Waals surface area contributed by atoms with E-state index in [0.29, 0.717) is 19.7 Å². The van der Waals surface area contributed by atoms with Gasteiger partial charge >= 0.3 is 36.1 Å². The molecule has 0 radical (unpaired) electrons. The molecule has 76 heavy (non-hydrogen) atoms. The molecule has 0 heterocycles. The summed E-state index contributed by atoms with van der Waals surface area (Å²) in [6, 6.07) is 35.5. The van der Waals surface area contributed by atoms with Crippen molar-refractivity contribution in [3.8, 4) is 0 Å². The van der Waals surface area contributed by atoms with Gasteiger partial charge in [-0.25, -0.2) is 28.8 Å². The zero-order valence-corrected chi connectivity index (χ0v) is 47.1. The first kappa shape index (κ1) is 45.5. The quantitative estimate of drug-likeness (QED) is 0.0749. The minimum absolute atomic E-state index is 0. The second-order valence-corrected chi connectivity index (χ2v) is 22.1. The highest BCUT2D eigenvalue weighted by Crippen LogP contribution is 2.27. The van der Waals surface area contributed by atoms with Crippen LogP contribution in [0.1, 0.15) is 185 Å². The van der Waals surface area contributed by atoms with Crippen LogP contribution in [0.25, 0.3) is 0 Å². The molecule has 4 rings (SSSR count). The Morgan fingerprint density at radius 2 is 0.855 bits per heavy atom. The Labute approximate surface area is 501 Å². The molecular weight excluding hydrogens is 969 g/mol. The maximum Gasteiger partial charge on any atom is 0.410 e. The van der Waals surface area contributed by atoms with Crippen molar-refractivity contribution in [2.24, 2.45) is 10.8 Å². The number of aliphatic carboxylic acids is 1. The van der Waals surface area contributed by atoms with E-state index in [9.17, 15) is 39.0 Å². The van der Waals surface area contributed by atoms with Crippen LogP contribution in [0.15, 0.2) is 121 Å². The predicted molar refractivity (Wildman–Crippen MR) is 330 cm³/mol. The van der Waals surface area contributed by atoms with Crippen LogP contribution in [0, 0.1) is 10.8 Å². The van der Waals surface area contributed by atoms with E-state index in [1.165, 1.54) is 19.0 Å². The zero-order valence-electron chi connectivity index (χ0n) is 78.1. The van der Waals surface area contributed by atoms with Crippen LogP contribution in [-0.2, 0) is 68.9 Å². The van der Waals surface area contributed by atoms with Gasteiger partial charge in [-0.1, -0.05) is 184 Å². The molecule has 15 heteroatoms. The number of carboxylic acids is 1. The zero-order chi connectivity index (χ0) is 87.9. The average Bonchev–Trinajstić information content (AvgIpc) is 0.843. The first-order valence-electron chi connectivity index (χ1n) is 40.8. The lowest BCUT2D eigenvalue weighted by molar-refractivity contribution is -0.172. The second kappa shape index (κ2) is 33.3. The Morgan fingerprint density at radius 1 is 0.539 bits per heavy atom. The van der Waals surface area contributed by atoms with Crippen LogP contribution in [0.2, 0.25) is 0 Å². The monoisotopic (exact) mass is 1120 g/mol. The smallest absolute Gasteiger partial charge is 0.410 e. The molecule has 0 spiro atoms. The number of likely N-dealkylation sites (N-methyl/N-ethyl adjacent to an activating group) is 2. The molecular formula is C61H120N2O13. The number of carboxylic acid groups (broad SMARTS) is 1. The van der Waals surface area contributed by atoms with Gasteiger partial charge in [0.05, 0.1) is 0 Å². The van der Waals surface area contributed by atoms with E-state index in [1.54, 1.807) is 48.5 Å². The predicted octanol–water partition coefficient (Wildman–Crippen LogP) is 16.0. The average molecular weight is 1120 g/mol. The first-order valence-corrected chi connectivity index (χ1v) is 25.1. The molecule has 0 saturated carbocycles. The summed E-state index contributed by atoms with van der Waals surface area (Å²) in [4.78, 5) is 76.4. The maximum absolute atomic E-state index is 13.4. The number of carbonyl (C=O) groups is 6. The molecule has 4 aromatic rings. The van der Waals surface area contributed by atoms with E-state index in [1.807, 2.05) is 163 Å². The number of ether oxygens (including phenoxy) is 5. The van der Waals surface area contributed by atoms with Gasteiger partial charge in [0.25, 0.3) is 0 Å². The highest BCUT2D eigenvalue weighted by Gasteiger charge is 2.38. The fourth-order valence-corrected chi connectivity index (χ4v) is 6.64. The van der Waals surface area contributed by atoms with E-state index in [4.69, 9.17) is 69.6 Å². The van der Waals surface area contributed by atoms with Crippen LogP contribution in [0.3, 0.4) is 0 Å². The minimum Gasteiger partial charge on any atom is -0.480 e. The Bertz CT molecular complexity index is 2410. The third-order valence-electron chi connectivity index (χ3n) is 10.2. The Balaban J connectivity index is -0.0000000716. The number of esters is 3. The van der Waals surface area contributed by atoms with Crippen LogP contribution >= 0.6 is 0 Å². The number of aliphatic hydroxyl groups excluding tert-OH is 1. The first-order chi connectivity index (χ1) is 50.3. The number of hydrogen-bond acceptors (Lipinski definition) is 12. The number of benzene rings is 4. The molecule has 0 aromatic heterocycles. The van der Waals surface area contributed by atoms with Gasteiger partial charge in [0.2, 0.25) is 6.10 Å². The molecule has 0 saturated heterocycles. The van der Waals surface area contributed by atoms with Crippen LogP contribution in [0.4, 0.5) is 9.59 Å². The molecule has 2 amide bonds. The minimum atomic E-state index is -1.17. The van der Waals surface area contributed by atoms with Crippen LogP contribution < -0.4 is 0 Å². The summed E-state index contributed by atoms with van der Waals surface area (Å²) in [7, 11) is 2.96. The molecule has 0 aliphatic carbocycles. The van der Waals surface area contributed by atoms with Crippen LogP contribution in [-0.4, -0.2) is 106 Å². The molecule has 452 valence electrons. The van der Waals surface area contributed by atoms with Crippen molar-refractivity contribution in [2.75, 3.05) is 14.1 Å². The summed E-state index contributed by atoms with van der Waals surface area (Å²) in [6.45, 7) is 24.8. The molecule has 0 aliphatic heterocycles. The van der Waals surface area contributed by atoms with Gasteiger partial charge in [0.1, 0.15) is 36.5 Å². The summed E-state index contributed by atoms with van der Waals surface area (Å²) >= 11 is 0. The van der Waals surface area contributed by atoms with E-state index >= 15 is 0 Å². The summed E-state index contributed by atoms with van der Waals surface area (Å²) in [5.41, 5.74) is 1.62. The number of hydrogen-bond donors (Lipinski definition) is 2. The van der Waals surface area contributed by atoms with Crippen molar-refractivity contribution in [1.29, 1.82) is 0 Å². The maximum atomic E-state index is 13.4. The number of nitrogens with zero attached hydrogens (tertiary/aromatic N) is 2. The third-order valence-corrected chi connectivity index (χ3v) is 10.2. The van der Waals surface area contributed by atoms with Crippen molar-refractivity contribution in [2.45, 2.75) is 179 Å². The standard InChI is InChI=1S/C29H39NO6.C16H16O3.C13H25NO4.C2H6.CH4.15H2/c1-28(2,3)19-23(30(7)27(33)36-29(4,5)6)25(31)35-24(18-21-14-10-8-11-15-21)26(32)34-20-22-16-12-9-13-17-22;17-15(11-13-7-3-1-4-8-13)16(18)19-12-14-9-5-2-6-10-14;1-12(2,3)8-9(10(15)16)14(7)11(17)18-13(4,5)6;1-2;;;;;;;;;;;;;;;;/h8-17,23-24H,18-20H2,1-7H3;1-10,15,17H,11-12H2;9H,8H2,1-7H3,(H,15,16);1-2H3;1H4;15*1H/t23-,24+;15-;9-;;;;;;;;;;;;;;;;;/m010................./s1/i;;;1D;;15*1+1D. The molecule has 4 atom stereocenters. The highest BCUT2D eigenvalue weighted by atomic mass is 16.6. The summed E-state index contributed by atoms with van der Waals surface area (Å²) in [5.74, 6) is -2.94. The van der Waals surface area contributed by atoms with Gasteiger partial charge < -0.3 is 33.9 Å². The largest absolute Gasteiger partial charge is 0.480 e. The van der Waals surface area contributed by atoms with Crippen molar-refractivity contribution in [3.05, 3.63) is 144 Å². The molecule has 0 bridgehead atoms. The normalized spacial score (nSPS) is 14.4. The molecule has 0 aliphatic rings. The van der Waals surface area contributed by atoms with Crippen molar-refractivity contribution < 1.29 is 109 Å². The van der Waals surface area contributed by atoms with E-state index in [-0.39, 0.29) is 44.3 Å². The van der Waals surface area contributed by atoms with Crippen molar-refractivity contribution >= 4 is 36.1 Å². The van der Waals surface area contributed by atoms with Gasteiger partial charge in [0, 0.05) is 72.9 Å². The topological polar surface area (TPSA) is 196 Å². The van der Waals surface area contributed by atoms with Gasteiger partial charge in [-0.2, -0.15) is 0 Å². The summed E-state index contributed by atoms with van der Waals surface area (Å²) in [6.07, 6.45) is -2.42. The molecule has 0 fully saturated rings. The van der Waals surface area contributed by atoms with Gasteiger partial charge in [-0.3, -0.25) is 9.80 Å². The van der Waals surface area contributed by atoms with Crippen molar-refractivity contribution in [1.82, 2.24) is 9.80 Å². The number of carbonyl (C=O) groups excluding carboxylic acids is 5. The Kier molecular flexibility index (Phi) is 19.9. The highest BCUT2D eigenvalue weighted by molar-refractivity contribution is 5.85. The number of rotatable bonds is 17. The second-order valence-electron chi connectivity index (χ2n) is 22.1. The third kappa shape index (κ3) is 30.0. The van der Waals surface area contributed by atoms with Gasteiger partial charge in [0.15, 0.2) is 6.10 Å². The summed E-state index contributed by atoms with van der Waals surface area (Å²) < 4.78 is 183. The van der Waals surface area contributed by atoms with Gasteiger partial charge in [-0.15, -0.1) is 0 Å². The van der Waals surface area contributed by atoms with E-state index in [0.717, 1.165) is 27.2 Å². The number of aliphatic hydroxyl groups is 1. The Hall–Kier alpha value is -6.74. The van der Waals surface area contributed by atoms with Crippen LogP contribution in [0.5, 0.6) is 0 Å². The lowest BCUT2D eigenvalue weighted by Crippen LogP contribution is -2.48. The lowest BCUT2D eigenvalue weighted by Gasteiger charge is -2.33. The SMILES string of the molecule is C.CN(C(=O)OC(C)(C)C)[C@@H](CC(C)(C)C)C(=O)O.CN(C(=O)OC(C)(C)C)[C@@H](CC(C)(C)C)C(=O)O[C@H](Cc1ccccc1)C(=O)OCc1ccccc1.O=C(OCc1ccccc1)[C@H](O)Cc1ccccc1.[2H]CC.[2H][2H].[2H][2H].[2H][2H].[2H][2H].[2H][2H].[2H][2H].[2H][2H].[2H][2H].[2H][2H].[2H][2H].[2H][2H].[2H][2H].[2H][2H].[2H][2H].[2H][2H]. The Morgan fingerprint density at radius 3 is 1.20 bits per heavy atom. The molecule has 15 nitrogen and oxygen atoms in total. The van der Waals surface area contributed by atoms with Gasteiger partial charge in [-0.05, 0) is 87.5 Å². The molecule has 2 N–H and O–H groups in total.